The maximum absolute atomic E-state index is 12.3. The number of nitrogen functional groups attached to an aromatic ring is 1. The van der Waals surface area contributed by atoms with E-state index in [2.05, 4.69) is 10.4 Å². The molecular weight excluding hydrogens is 292 g/mol. The van der Waals surface area contributed by atoms with Gasteiger partial charge in [0.15, 0.2) is 0 Å². The molecule has 0 aromatic carbocycles. The van der Waals surface area contributed by atoms with Gasteiger partial charge in [0.25, 0.3) is 5.91 Å². The Balaban J connectivity index is 2.25. The highest BCUT2D eigenvalue weighted by atomic mass is 32.1. The summed E-state index contributed by atoms with van der Waals surface area (Å²) in [5.74, 6) is -0.883. The average molecular weight is 308 g/mol. The van der Waals surface area contributed by atoms with Crippen LogP contribution in [0.1, 0.15) is 33.5 Å². The molecule has 112 valence electrons. The number of aromatic nitrogens is 2. The Bertz CT molecular complexity index is 690. The van der Waals surface area contributed by atoms with Gasteiger partial charge in [0, 0.05) is 7.05 Å². The summed E-state index contributed by atoms with van der Waals surface area (Å²) in [6.45, 7) is 3.72. The molecule has 7 nitrogen and oxygen atoms in total. The number of nitrogens with two attached hydrogens (primary N) is 1. The summed E-state index contributed by atoms with van der Waals surface area (Å²) < 4.78 is 6.35. The second kappa shape index (κ2) is 5.96. The third kappa shape index (κ3) is 2.89. The summed E-state index contributed by atoms with van der Waals surface area (Å²) in [5, 5.41) is 8.91. The second-order valence-electron chi connectivity index (χ2n) is 4.31. The van der Waals surface area contributed by atoms with Crippen molar-refractivity contribution in [2.75, 3.05) is 17.7 Å². The molecule has 2 aromatic rings. The Morgan fingerprint density at radius 2 is 2.24 bits per heavy atom. The number of aryl methyl sites for hydroxylation is 2. The van der Waals surface area contributed by atoms with E-state index in [0.717, 1.165) is 0 Å². The molecule has 0 spiro atoms. The van der Waals surface area contributed by atoms with E-state index in [1.165, 1.54) is 16.0 Å². The number of rotatable bonds is 4. The minimum absolute atomic E-state index is 0.260. The van der Waals surface area contributed by atoms with E-state index in [4.69, 9.17) is 10.5 Å². The van der Waals surface area contributed by atoms with Gasteiger partial charge >= 0.3 is 5.97 Å². The fourth-order valence-corrected chi connectivity index (χ4v) is 2.65. The predicted octanol–water partition coefficient (Wildman–Crippen LogP) is 1.80. The van der Waals surface area contributed by atoms with Crippen molar-refractivity contribution in [3.05, 3.63) is 28.4 Å². The number of esters is 1. The lowest BCUT2D eigenvalue weighted by atomic mass is 10.2. The molecule has 0 bridgehead atoms. The third-order valence-electron chi connectivity index (χ3n) is 2.87. The largest absolute Gasteiger partial charge is 0.462 e. The predicted molar refractivity (Wildman–Crippen MR) is 80.6 cm³/mol. The van der Waals surface area contributed by atoms with Crippen molar-refractivity contribution in [1.82, 2.24) is 9.78 Å². The van der Waals surface area contributed by atoms with Crippen molar-refractivity contribution in [3.63, 3.8) is 0 Å². The molecule has 2 rings (SSSR count). The van der Waals surface area contributed by atoms with Crippen LogP contribution >= 0.6 is 11.3 Å². The molecule has 0 unspecified atom stereocenters. The fourth-order valence-electron chi connectivity index (χ4n) is 1.88. The highest BCUT2D eigenvalue weighted by Gasteiger charge is 2.21. The lowest BCUT2D eigenvalue weighted by molar-refractivity contribution is 0.0528. The van der Waals surface area contributed by atoms with Crippen molar-refractivity contribution in [1.29, 1.82) is 0 Å². The van der Waals surface area contributed by atoms with Gasteiger partial charge in [-0.3, -0.25) is 9.48 Å². The number of hydrogen-bond acceptors (Lipinski definition) is 6. The molecule has 0 fully saturated rings. The molecule has 0 saturated heterocycles. The smallest absolute Gasteiger partial charge is 0.341 e. The molecule has 0 aliphatic heterocycles. The zero-order valence-electron chi connectivity index (χ0n) is 12.0. The Labute approximate surface area is 125 Å². The third-order valence-corrected chi connectivity index (χ3v) is 3.70. The number of nitrogens with one attached hydrogen (secondary N) is 1. The Hall–Kier alpha value is -2.35. The number of carbonyl (C=O) groups excluding carboxylic acids is 2. The van der Waals surface area contributed by atoms with Crippen molar-refractivity contribution < 1.29 is 14.3 Å². The monoisotopic (exact) mass is 308 g/mol. The van der Waals surface area contributed by atoms with E-state index in [1.807, 2.05) is 0 Å². The fraction of sp³-hybridized carbons (Fsp3) is 0.308. The van der Waals surface area contributed by atoms with E-state index < -0.39 is 11.9 Å². The molecule has 0 aliphatic rings. The van der Waals surface area contributed by atoms with Crippen LogP contribution in [0, 0.1) is 6.92 Å². The molecule has 1 amide bonds. The van der Waals surface area contributed by atoms with Crippen LogP contribution in [0.4, 0.5) is 10.7 Å². The van der Waals surface area contributed by atoms with Crippen molar-refractivity contribution in [3.8, 4) is 0 Å². The first-order chi connectivity index (χ1) is 9.95. The molecule has 8 heteroatoms. The molecular formula is C13H16N4O3S. The quantitative estimate of drug-likeness (QED) is 0.839. The van der Waals surface area contributed by atoms with Crippen LogP contribution in [0.25, 0.3) is 0 Å². The highest BCUT2D eigenvalue weighted by molar-refractivity contribution is 7.14. The highest BCUT2D eigenvalue weighted by Crippen LogP contribution is 2.26. The number of ether oxygens (including phenoxy) is 1. The van der Waals surface area contributed by atoms with Gasteiger partial charge in [-0.15, -0.1) is 11.3 Å². The van der Waals surface area contributed by atoms with Gasteiger partial charge in [0.05, 0.1) is 23.6 Å². The Kier molecular flexibility index (Phi) is 4.27. The van der Waals surface area contributed by atoms with Crippen LogP contribution in [0.3, 0.4) is 0 Å². The van der Waals surface area contributed by atoms with E-state index in [-0.39, 0.29) is 12.3 Å². The molecule has 2 aromatic heterocycles. The number of hydrogen-bond donors (Lipinski definition) is 2. The maximum Gasteiger partial charge on any atom is 0.341 e. The van der Waals surface area contributed by atoms with Gasteiger partial charge in [0.1, 0.15) is 10.7 Å². The minimum Gasteiger partial charge on any atom is -0.462 e. The summed E-state index contributed by atoms with van der Waals surface area (Å²) >= 11 is 1.24. The average Bonchev–Trinajstić information content (AvgIpc) is 2.95. The SMILES string of the molecule is CCOC(=O)c1ccsc1NC(=O)c1c(N)c(C)nn1C. The maximum atomic E-state index is 12.3. The number of thiophene rings is 1. The van der Waals surface area contributed by atoms with E-state index in [0.29, 0.717) is 21.9 Å². The van der Waals surface area contributed by atoms with Crippen molar-refractivity contribution in [2.45, 2.75) is 13.8 Å². The number of carbonyl (C=O) groups is 2. The summed E-state index contributed by atoms with van der Waals surface area (Å²) in [4.78, 5) is 24.1. The standard InChI is InChI=1S/C13H16N4O3S/c1-4-20-13(19)8-5-6-21-12(8)15-11(18)10-9(14)7(2)16-17(10)3/h5-6H,4,14H2,1-3H3,(H,15,18). The first-order valence-corrected chi connectivity index (χ1v) is 7.18. The molecule has 0 aliphatic carbocycles. The lowest BCUT2D eigenvalue weighted by Gasteiger charge is -2.07. The molecule has 3 N–H and O–H groups in total. The minimum atomic E-state index is -0.469. The van der Waals surface area contributed by atoms with Crippen LogP contribution in [0.15, 0.2) is 11.4 Å². The zero-order valence-corrected chi connectivity index (χ0v) is 12.8. The van der Waals surface area contributed by atoms with Crippen LogP contribution < -0.4 is 11.1 Å². The van der Waals surface area contributed by atoms with Gasteiger partial charge < -0.3 is 15.8 Å². The van der Waals surface area contributed by atoms with Gasteiger partial charge in [-0.2, -0.15) is 5.10 Å². The van der Waals surface area contributed by atoms with Crippen LogP contribution in [-0.2, 0) is 11.8 Å². The Morgan fingerprint density at radius 3 is 2.81 bits per heavy atom. The summed E-state index contributed by atoms with van der Waals surface area (Å²) in [6, 6.07) is 1.61. The number of nitrogens with zero attached hydrogens (tertiary/aromatic N) is 2. The lowest BCUT2D eigenvalue weighted by Crippen LogP contribution is -2.18. The first-order valence-electron chi connectivity index (χ1n) is 6.30. The van der Waals surface area contributed by atoms with Crippen LogP contribution in [-0.4, -0.2) is 28.3 Å². The molecule has 0 radical (unpaired) electrons. The summed E-state index contributed by atoms with van der Waals surface area (Å²) in [7, 11) is 1.64. The van der Waals surface area contributed by atoms with Gasteiger partial charge in [-0.05, 0) is 25.3 Å². The normalized spacial score (nSPS) is 10.4. The van der Waals surface area contributed by atoms with Gasteiger partial charge in [0.2, 0.25) is 0 Å². The van der Waals surface area contributed by atoms with E-state index in [1.54, 1.807) is 32.3 Å². The number of amides is 1. The van der Waals surface area contributed by atoms with Crippen LogP contribution in [0.2, 0.25) is 0 Å². The molecule has 21 heavy (non-hydrogen) atoms. The van der Waals surface area contributed by atoms with E-state index in [9.17, 15) is 9.59 Å². The van der Waals surface area contributed by atoms with E-state index >= 15 is 0 Å². The topological polar surface area (TPSA) is 99.2 Å². The van der Waals surface area contributed by atoms with Crippen molar-refractivity contribution >= 4 is 33.9 Å². The second-order valence-corrected chi connectivity index (χ2v) is 5.23. The van der Waals surface area contributed by atoms with Gasteiger partial charge in [-0.25, -0.2) is 4.79 Å². The van der Waals surface area contributed by atoms with Crippen molar-refractivity contribution in [2.24, 2.45) is 7.05 Å². The number of anilines is 2. The molecule has 2 heterocycles. The molecule has 0 saturated carbocycles. The first kappa shape index (κ1) is 15.0. The summed E-state index contributed by atoms with van der Waals surface area (Å²) in [5.41, 5.74) is 7.34. The van der Waals surface area contributed by atoms with Gasteiger partial charge in [-0.1, -0.05) is 0 Å². The zero-order chi connectivity index (χ0) is 15.6. The summed E-state index contributed by atoms with van der Waals surface area (Å²) in [6.07, 6.45) is 0. The molecule has 0 atom stereocenters. The van der Waals surface area contributed by atoms with Crippen LogP contribution in [0.5, 0.6) is 0 Å². The Morgan fingerprint density at radius 1 is 1.52 bits per heavy atom.